The predicted molar refractivity (Wildman–Crippen MR) is 116 cm³/mol. The number of benzene rings is 1. The lowest BCUT2D eigenvalue weighted by atomic mass is 10.0. The van der Waals surface area contributed by atoms with Crippen LogP contribution in [0.5, 0.6) is 5.75 Å². The van der Waals surface area contributed by atoms with Crippen molar-refractivity contribution in [3.8, 4) is 5.75 Å². The molecule has 5 nitrogen and oxygen atoms in total. The van der Waals surface area contributed by atoms with Crippen molar-refractivity contribution in [2.75, 3.05) is 20.7 Å². The van der Waals surface area contributed by atoms with Gasteiger partial charge < -0.3 is 14.7 Å². The van der Waals surface area contributed by atoms with Gasteiger partial charge in [-0.05, 0) is 76.3 Å². The van der Waals surface area contributed by atoms with Crippen molar-refractivity contribution in [2.45, 2.75) is 13.0 Å². The minimum atomic E-state index is -0.351. The number of nitrogens with zero attached hydrogens (tertiary/aromatic N) is 2. The molecule has 1 aromatic carbocycles. The number of thiophene rings is 1. The fraction of sp³-hybridized carbons (Fsp3) is 0.294. The number of aliphatic imine (C=N–C) groups is 1. The van der Waals surface area contributed by atoms with Gasteiger partial charge in [0.05, 0.1) is 16.2 Å². The molecule has 1 aliphatic rings. The second-order valence-corrected chi connectivity index (χ2v) is 9.24. The lowest BCUT2D eigenvalue weighted by Gasteiger charge is -2.22. The van der Waals surface area contributed by atoms with Gasteiger partial charge in [0.25, 0.3) is 0 Å². The van der Waals surface area contributed by atoms with Crippen LogP contribution in [0.15, 0.2) is 17.1 Å². The number of likely N-dealkylation sites (N-methyl/N-ethyl adjacent to an activating group) is 1. The van der Waals surface area contributed by atoms with Gasteiger partial charge in [0, 0.05) is 33.3 Å². The molecular formula is C17H16I2N2O3S. The van der Waals surface area contributed by atoms with Gasteiger partial charge in [0.15, 0.2) is 0 Å². The van der Waals surface area contributed by atoms with E-state index in [-0.39, 0.29) is 11.7 Å². The molecule has 2 heterocycles. The Morgan fingerprint density at radius 2 is 2.20 bits per heavy atom. The maximum atomic E-state index is 12.3. The zero-order chi connectivity index (χ0) is 18.1. The van der Waals surface area contributed by atoms with Crippen molar-refractivity contribution in [2.24, 2.45) is 4.99 Å². The third kappa shape index (κ3) is 4.01. The van der Waals surface area contributed by atoms with E-state index < -0.39 is 0 Å². The molecule has 1 aromatic heterocycles. The van der Waals surface area contributed by atoms with E-state index in [0.717, 1.165) is 37.1 Å². The normalized spacial score (nSPS) is 14.7. The lowest BCUT2D eigenvalue weighted by molar-refractivity contribution is 0.0600. The molecule has 132 valence electrons. The quantitative estimate of drug-likeness (QED) is 0.335. The largest absolute Gasteiger partial charge is 0.506 e. The highest BCUT2D eigenvalue weighted by Crippen LogP contribution is 2.39. The number of halogens is 2. The number of carbonyl (C=O) groups is 1. The van der Waals surface area contributed by atoms with Crippen LogP contribution in [-0.4, -0.2) is 42.9 Å². The maximum absolute atomic E-state index is 12.3. The second kappa shape index (κ2) is 7.89. The molecule has 0 saturated heterocycles. The molecule has 0 atom stereocenters. The van der Waals surface area contributed by atoms with Crippen LogP contribution in [0, 0.1) is 7.14 Å². The van der Waals surface area contributed by atoms with Crippen molar-refractivity contribution in [1.82, 2.24) is 4.90 Å². The van der Waals surface area contributed by atoms with Crippen molar-refractivity contribution < 1.29 is 14.6 Å². The highest BCUT2D eigenvalue weighted by molar-refractivity contribution is 14.1. The average Bonchev–Trinajstić information content (AvgIpc) is 2.93. The van der Waals surface area contributed by atoms with Gasteiger partial charge >= 0.3 is 5.97 Å². The van der Waals surface area contributed by atoms with Crippen LogP contribution in [-0.2, 0) is 17.7 Å². The van der Waals surface area contributed by atoms with Crippen LogP contribution >= 0.6 is 56.5 Å². The van der Waals surface area contributed by atoms with Gasteiger partial charge in [-0.1, -0.05) is 0 Å². The number of phenols is 1. The summed E-state index contributed by atoms with van der Waals surface area (Å²) in [5.41, 5.74) is 2.24. The van der Waals surface area contributed by atoms with Crippen LogP contribution in [0.25, 0.3) is 0 Å². The fourth-order valence-corrected chi connectivity index (χ4v) is 5.88. The molecule has 1 N–H and O–H groups in total. The lowest BCUT2D eigenvalue weighted by Crippen LogP contribution is -2.26. The van der Waals surface area contributed by atoms with Crippen molar-refractivity contribution in [3.63, 3.8) is 0 Å². The first-order valence-corrected chi connectivity index (χ1v) is 10.5. The van der Waals surface area contributed by atoms with Crippen molar-refractivity contribution in [1.29, 1.82) is 0 Å². The Morgan fingerprint density at radius 1 is 1.44 bits per heavy atom. The zero-order valence-electron chi connectivity index (χ0n) is 13.7. The molecule has 0 aliphatic carbocycles. The van der Waals surface area contributed by atoms with Crippen LogP contribution in [0.1, 0.15) is 26.4 Å². The summed E-state index contributed by atoms with van der Waals surface area (Å²) < 4.78 is 6.76. The molecule has 0 saturated carbocycles. The number of hydrogen-bond donors (Lipinski definition) is 1. The summed E-state index contributed by atoms with van der Waals surface area (Å²) >= 11 is 5.81. The summed E-state index contributed by atoms with van der Waals surface area (Å²) in [6.07, 6.45) is 2.43. The van der Waals surface area contributed by atoms with E-state index >= 15 is 0 Å². The van der Waals surface area contributed by atoms with E-state index in [1.165, 1.54) is 18.4 Å². The first-order valence-electron chi connectivity index (χ1n) is 7.54. The number of aromatic hydroxyl groups is 1. The third-order valence-corrected chi connectivity index (χ3v) is 6.57. The highest BCUT2D eigenvalue weighted by Gasteiger charge is 2.27. The number of esters is 1. The molecule has 25 heavy (non-hydrogen) atoms. The summed E-state index contributed by atoms with van der Waals surface area (Å²) in [5.74, 6) is -0.152. The Hall–Kier alpha value is -0.720. The van der Waals surface area contributed by atoms with E-state index in [1.807, 2.05) is 12.1 Å². The monoisotopic (exact) mass is 582 g/mol. The Bertz CT molecular complexity index is 864. The molecule has 1 aliphatic heterocycles. The number of fused-ring (bicyclic) bond motifs is 1. The van der Waals surface area contributed by atoms with E-state index in [2.05, 4.69) is 62.1 Å². The summed E-state index contributed by atoms with van der Waals surface area (Å²) in [6, 6.07) is 3.76. The van der Waals surface area contributed by atoms with Gasteiger partial charge in [-0.25, -0.2) is 9.79 Å². The summed E-state index contributed by atoms with van der Waals surface area (Å²) in [7, 11) is 3.46. The number of hydrogen-bond acceptors (Lipinski definition) is 6. The van der Waals surface area contributed by atoms with Crippen LogP contribution in [0.2, 0.25) is 0 Å². The molecule has 2 aromatic rings. The number of ether oxygens (including phenoxy) is 1. The maximum Gasteiger partial charge on any atom is 0.341 e. The van der Waals surface area contributed by atoms with E-state index in [1.54, 1.807) is 6.21 Å². The topological polar surface area (TPSA) is 62.1 Å². The van der Waals surface area contributed by atoms with E-state index in [9.17, 15) is 9.90 Å². The number of phenolic OH excluding ortho intramolecular Hbond substituents is 1. The Morgan fingerprint density at radius 3 is 2.92 bits per heavy atom. The minimum absolute atomic E-state index is 0.199. The molecule has 0 bridgehead atoms. The summed E-state index contributed by atoms with van der Waals surface area (Å²) in [4.78, 5) is 20.2. The Balaban J connectivity index is 2.04. The van der Waals surface area contributed by atoms with Crippen LogP contribution in [0.3, 0.4) is 0 Å². The SMILES string of the molecule is COC(=O)c1c(/N=C/c2cc(I)cc(I)c2O)sc2c1CCN(C)C2. The standard InChI is InChI=1S/C17H16I2N2O3S/c1-21-4-3-11-13(8-21)25-16(14(11)17(23)24-2)20-7-9-5-10(18)6-12(19)15(9)22/h5-7,22H,3-4,8H2,1-2H3/b20-7+. The van der Waals surface area contributed by atoms with Crippen LogP contribution < -0.4 is 0 Å². The summed E-state index contributed by atoms with van der Waals surface area (Å²) in [5, 5.41) is 10.9. The molecule has 3 rings (SSSR count). The first kappa shape index (κ1) is 19.1. The van der Waals surface area contributed by atoms with Crippen LogP contribution in [0.4, 0.5) is 5.00 Å². The molecule has 8 heteroatoms. The minimum Gasteiger partial charge on any atom is -0.506 e. The zero-order valence-corrected chi connectivity index (χ0v) is 18.8. The number of methoxy groups -OCH3 is 1. The van der Waals surface area contributed by atoms with Gasteiger partial charge in [-0.2, -0.15) is 0 Å². The molecule has 0 fully saturated rings. The molecule has 0 spiro atoms. The van der Waals surface area contributed by atoms with E-state index in [4.69, 9.17) is 4.74 Å². The number of carbonyl (C=O) groups excluding carboxylic acids is 1. The third-order valence-electron chi connectivity index (χ3n) is 4.00. The molecule has 0 amide bonds. The smallest absolute Gasteiger partial charge is 0.341 e. The molecule has 0 radical (unpaired) electrons. The second-order valence-electron chi connectivity index (χ2n) is 5.75. The Labute approximate surface area is 177 Å². The van der Waals surface area contributed by atoms with Gasteiger partial charge in [0.1, 0.15) is 10.8 Å². The van der Waals surface area contributed by atoms with E-state index in [0.29, 0.717) is 16.1 Å². The first-order chi connectivity index (χ1) is 11.9. The highest BCUT2D eigenvalue weighted by atomic mass is 127. The van der Waals surface area contributed by atoms with Gasteiger partial charge in [-0.3, -0.25) is 0 Å². The van der Waals surface area contributed by atoms with Crippen molar-refractivity contribution >= 4 is 73.7 Å². The van der Waals surface area contributed by atoms with Gasteiger partial charge in [0.2, 0.25) is 0 Å². The van der Waals surface area contributed by atoms with Crippen molar-refractivity contribution in [3.05, 3.63) is 40.8 Å². The Kier molecular flexibility index (Phi) is 6.01. The van der Waals surface area contributed by atoms with Gasteiger partial charge in [-0.15, -0.1) is 11.3 Å². The molecule has 0 unspecified atom stereocenters. The average molecular weight is 582 g/mol. The number of rotatable bonds is 3. The fourth-order valence-electron chi connectivity index (χ4n) is 2.73. The molecular weight excluding hydrogens is 566 g/mol. The summed E-state index contributed by atoms with van der Waals surface area (Å²) in [6.45, 7) is 1.72. The predicted octanol–water partition coefficient (Wildman–Crippen LogP) is 4.19.